The number of amides is 1. The highest BCUT2D eigenvalue weighted by molar-refractivity contribution is 9.10. The Kier molecular flexibility index (Phi) is 6.27. The van der Waals surface area contributed by atoms with Crippen molar-refractivity contribution in [1.29, 1.82) is 0 Å². The van der Waals surface area contributed by atoms with Gasteiger partial charge in [0, 0.05) is 12.6 Å². The number of piperidine rings is 1. The van der Waals surface area contributed by atoms with Crippen LogP contribution in [0.4, 0.5) is 0 Å². The van der Waals surface area contributed by atoms with E-state index in [1.165, 1.54) is 0 Å². The molecule has 1 aliphatic rings. The zero-order chi connectivity index (χ0) is 17.9. The highest BCUT2D eigenvalue weighted by Gasteiger charge is 2.31. The van der Waals surface area contributed by atoms with Crippen molar-refractivity contribution < 1.29 is 19.4 Å². The molecule has 0 bridgehead atoms. The lowest BCUT2D eigenvalue weighted by Gasteiger charge is -2.36. The molecule has 132 valence electrons. The second-order valence-corrected chi connectivity index (χ2v) is 7.13. The Labute approximate surface area is 151 Å². The van der Waals surface area contributed by atoms with Gasteiger partial charge < -0.3 is 14.7 Å². The minimum atomic E-state index is -0.872. The van der Waals surface area contributed by atoms with Crippen molar-refractivity contribution in [3.63, 3.8) is 0 Å². The summed E-state index contributed by atoms with van der Waals surface area (Å²) in [6, 6.07) is 3.48. The summed E-state index contributed by atoms with van der Waals surface area (Å²) in [5, 5.41) is 10.0. The van der Waals surface area contributed by atoms with Crippen molar-refractivity contribution in [3.05, 3.63) is 27.7 Å². The Morgan fingerprint density at radius 1 is 1.42 bits per heavy atom. The molecule has 2 rings (SSSR count). The van der Waals surface area contributed by atoms with Crippen LogP contribution in [-0.2, 0) is 9.53 Å². The number of aromatic hydroxyl groups is 1. The van der Waals surface area contributed by atoms with Crippen LogP contribution in [0.5, 0.6) is 5.75 Å². The average molecular weight is 398 g/mol. The van der Waals surface area contributed by atoms with Gasteiger partial charge in [0.15, 0.2) is 6.10 Å². The maximum Gasteiger partial charge on any atom is 0.342 e. The van der Waals surface area contributed by atoms with Crippen LogP contribution in [0.15, 0.2) is 16.6 Å². The van der Waals surface area contributed by atoms with Crippen molar-refractivity contribution in [1.82, 2.24) is 4.90 Å². The van der Waals surface area contributed by atoms with Gasteiger partial charge in [-0.1, -0.05) is 6.92 Å². The number of ether oxygens (including phenoxy) is 1. The molecule has 1 fully saturated rings. The zero-order valence-electron chi connectivity index (χ0n) is 14.3. The molecule has 1 N–H and O–H groups in total. The Hall–Kier alpha value is -1.56. The van der Waals surface area contributed by atoms with E-state index < -0.39 is 12.1 Å². The van der Waals surface area contributed by atoms with Crippen LogP contribution >= 0.6 is 15.9 Å². The maximum atomic E-state index is 12.6. The van der Waals surface area contributed by atoms with Crippen LogP contribution in [0.3, 0.4) is 0 Å². The van der Waals surface area contributed by atoms with Crippen molar-refractivity contribution in [3.8, 4) is 5.75 Å². The minimum Gasteiger partial charge on any atom is -0.506 e. The molecule has 2 atom stereocenters. The monoisotopic (exact) mass is 397 g/mol. The zero-order valence-corrected chi connectivity index (χ0v) is 15.9. The van der Waals surface area contributed by atoms with E-state index in [-0.39, 0.29) is 23.3 Å². The number of halogens is 1. The van der Waals surface area contributed by atoms with Gasteiger partial charge in [0.25, 0.3) is 5.91 Å². The fourth-order valence-corrected chi connectivity index (χ4v) is 3.69. The van der Waals surface area contributed by atoms with Crippen LogP contribution in [-0.4, -0.2) is 40.6 Å². The molecule has 0 saturated carbocycles. The van der Waals surface area contributed by atoms with E-state index in [9.17, 15) is 14.7 Å². The molecule has 0 radical (unpaired) electrons. The molecule has 1 aromatic rings. The number of benzene rings is 1. The van der Waals surface area contributed by atoms with Crippen LogP contribution < -0.4 is 0 Å². The first-order chi connectivity index (χ1) is 11.3. The Morgan fingerprint density at radius 2 is 2.12 bits per heavy atom. The summed E-state index contributed by atoms with van der Waals surface area (Å²) in [4.78, 5) is 26.8. The molecule has 1 saturated heterocycles. The number of likely N-dealkylation sites (tertiary alicyclic amines) is 1. The van der Waals surface area contributed by atoms with E-state index in [0.717, 1.165) is 31.2 Å². The predicted octanol–water partition coefficient (Wildman–Crippen LogP) is 3.80. The van der Waals surface area contributed by atoms with Gasteiger partial charge in [-0.3, -0.25) is 4.79 Å². The van der Waals surface area contributed by atoms with Gasteiger partial charge in [0.1, 0.15) is 11.3 Å². The Bertz CT molecular complexity index is 632. The lowest BCUT2D eigenvalue weighted by molar-refractivity contribution is -0.143. The molecule has 5 nitrogen and oxygen atoms in total. The molecule has 1 aliphatic heterocycles. The Morgan fingerprint density at radius 3 is 2.79 bits per heavy atom. The number of rotatable bonds is 4. The number of phenols is 1. The molecule has 0 spiro atoms. The smallest absolute Gasteiger partial charge is 0.342 e. The van der Waals surface area contributed by atoms with Gasteiger partial charge in [-0.25, -0.2) is 4.79 Å². The number of aryl methyl sites for hydroxylation is 1. The van der Waals surface area contributed by atoms with Crippen molar-refractivity contribution in [2.45, 2.75) is 58.6 Å². The second-order valence-electron chi connectivity index (χ2n) is 6.28. The molecular weight excluding hydrogens is 374 g/mol. The second kappa shape index (κ2) is 8.01. The van der Waals surface area contributed by atoms with E-state index in [1.54, 1.807) is 19.1 Å². The fourth-order valence-electron chi connectivity index (χ4n) is 3.11. The highest BCUT2D eigenvalue weighted by Crippen LogP contribution is 2.30. The molecule has 1 heterocycles. The molecule has 1 amide bonds. The van der Waals surface area contributed by atoms with Gasteiger partial charge in [-0.05, 0) is 73.2 Å². The summed E-state index contributed by atoms with van der Waals surface area (Å²) in [5.74, 6) is -1.03. The average Bonchev–Trinajstić information content (AvgIpc) is 2.57. The summed E-state index contributed by atoms with van der Waals surface area (Å²) >= 11 is 3.21. The quantitative estimate of drug-likeness (QED) is 0.784. The summed E-state index contributed by atoms with van der Waals surface area (Å²) < 4.78 is 5.75. The van der Waals surface area contributed by atoms with E-state index >= 15 is 0 Å². The van der Waals surface area contributed by atoms with Crippen LogP contribution in [0.25, 0.3) is 0 Å². The van der Waals surface area contributed by atoms with Gasteiger partial charge in [0.2, 0.25) is 0 Å². The normalized spacial score (nSPS) is 19.0. The van der Waals surface area contributed by atoms with E-state index in [1.807, 2.05) is 11.8 Å². The standard InChI is InChI=1S/C18H24BrNO4/c1-4-13-7-5-6-8-20(13)17(22)12(3)24-18(23)14-9-11(2)10-15(19)16(14)21/h9-10,12-13,21H,4-8H2,1-3H3. The lowest BCUT2D eigenvalue weighted by Crippen LogP contribution is -2.48. The number of carbonyl (C=O) groups excluding carboxylic acids is 2. The van der Waals surface area contributed by atoms with Crippen molar-refractivity contribution in [2.24, 2.45) is 0 Å². The predicted molar refractivity (Wildman–Crippen MR) is 95.1 cm³/mol. The number of phenolic OH excluding ortho intramolecular Hbond substituents is 1. The summed E-state index contributed by atoms with van der Waals surface area (Å²) in [7, 11) is 0. The molecule has 0 aliphatic carbocycles. The van der Waals surface area contributed by atoms with Crippen LogP contribution in [0.2, 0.25) is 0 Å². The van der Waals surface area contributed by atoms with Crippen molar-refractivity contribution >= 4 is 27.8 Å². The third kappa shape index (κ3) is 4.09. The topological polar surface area (TPSA) is 66.8 Å². The molecule has 2 unspecified atom stereocenters. The van der Waals surface area contributed by atoms with Gasteiger partial charge in [0.05, 0.1) is 4.47 Å². The number of hydrogen-bond acceptors (Lipinski definition) is 4. The van der Waals surface area contributed by atoms with Gasteiger partial charge in [-0.15, -0.1) is 0 Å². The largest absolute Gasteiger partial charge is 0.506 e. The first-order valence-electron chi connectivity index (χ1n) is 8.35. The van der Waals surface area contributed by atoms with Gasteiger partial charge >= 0.3 is 5.97 Å². The molecule has 1 aromatic carbocycles. The lowest BCUT2D eigenvalue weighted by atomic mass is 9.99. The third-order valence-electron chi connectivity index (χ3n) is 4.44. The Balaban J connectivity index is 2.10. The summed E-state index contributed by atoms with van der Waals surface area (Å²) in [5.41, 5.74) is 0.875. The summed E-state index contributed by atoms with van der Waals surface area (Å²) in [6.45, 7) is 6.17. The molecule has 6 heteroatoms. The first kappa shape index (κ1) is 18.8. The summed E-state index contributed by atoms with van der Waals surface area (Å²) in [6.07, 6.45) is 3.13. The molecule has 0 aromatic heterocycles. The van der Waals surface area contributed by atoms with Crippen LogP contribution in [0, 0.1) is 6.92 Å². The van der Waals surface area contributed by atoms with E-state index in [4.69, 9.17) is 4.74 Å². The number of hydrogen-bond donors (Lipinski definition) is 1. The highest BCUT2D eigenvalue weighted by atomic mass is 79.9. The molecule has 24 heavy (non-hydrogen) atoms. The third-order valence-corrected chi connectivity index (χ3v) is 5.05. The fraction of sp³-hybridized carbons (Fsp3) is 0.556. The van der Waals surface area contributed by atoms with Crippen molar-refractivity contribution in [2.75, 3.05) is 6.54 Å². The maximum absolute atomic E-state index is 12.6. The van der Waals surface area contributed by atoms with E-state index in [0.29, 0.717) is 11.0 Å². The first-order valence-corrected chi connectivity index (χ1v) is 9.15. The number of nitrogens with zero attached hydrogens (tertiary/aromatic N) is 1. The van der Waals surface area contributed by atoms with E-state index in [2.05, 4.69) is 22.9 Å². The van der Waals surface area contributed by atoms with Gasteiger partial charge in [-0.2, -0.15) is 0 Å². The minimum absolute atomic E-state index is 0.0622. The molecular formula is C18H24BrNO4. The van der Waals surface area contributed by atoms with Crippen LogP contribution in [0.1, 0.15) is 55.5 Å². The SMILES string of the molecule is CCC1CCCCN1C(=O)C(C)OC(=O)c1cc(C)cc(Br)c1O. The number of carbonyl (C=O) groups is 2. The number of esters is 1.